The Kier molecular flexibility index (Phi) is 6.28. The molecule has 3 aromatic rings. The van der Waals surface area contributed by atoms with Gasteiger partial charge in [-0.15, -0.1) is 8.78 Å². The fraction of sp³-hybridized carbons (Fsp3) is 0.136. The number of aromatic nitrogens is 1. The molecule has 0 aliphatic carbocycles. The maximum absolute atomic E-state index is 13.9. The quantitative estimate of drug-likeness (QED) is 0.271. The molecule has 0 radical (unpaired) electrons. The van der Waals surface area contributed by atoms with Crippen LogP contribution in [0.2, 0.25) is 0 Å². The summed E-state index contributed by atoms with van der Waals surface area (Å²) in [6.45, 7) is 0. The van der Waals surface area contributed by atoms with E-state index in [0.717, 1.165) is 24.4 Å². The molecule has 0 atom stereocenters. The zero-order valence-corrected chi connectivity index (χ0v) is 18.2. The van der Waals surface area contributed by atoms with Crippen molar-refractivity contribution in [2.45, 2.75) is 12.4 Å². The van der Waals surface area contributed by atoms with Gasteiger partial charge in [0.05, 0.1) is 11.6 Å². The number of pyridine rings is 1. The van der Waals surface area contributed by atoms with Gasteiger partial charge in [-0.05, 0) is 30.3 Å². The minimum Gasteiger partial charge on any atom is -0.618 e. The molecule has 0 spiro atoms. The van der Waals surface area contributed by atoms with Crippen molar-refractivity contribution < 1.29 is 46.1 Å². The van der Waals surface area contributed by atoms with Crippen molar-refractivity contribution in [3.63, 3.8) is 0 Å². The Hall–Kier alpha value is -4.59. The van der Waals surface area contributed by atoms with Crippen molar-refractivity contribution >= 4 is 23.3 Å². The SMILES string of the molecule is CNC(=O)c1cc(Oc2cccc(NC(=O)Nc3ccc4c(c3)C(F)(F)OC(F)(F)O4)c2)cc[n+]1[O-]. The molecule has 36 heavy (non-hydrogen) atoms. The zero-order valence-electron chi connectivity index (χ0n) is 18.2. The van der Waals surface area contributed by atoms with Crippen LogP contribution in [0.15, 0.2) is 60.8 Å². The Morgan fingerprint density at radius 1 is 0.972 bits per heavy atom. The molecule has 1 aliphatic heterocycles. The second-order valence-corrected chi connectivity index (χ2v) is 7.26. The number of nitrogens with one attached hydrogen (secondary N) is 3. The van der Waals surface area contributed by atoms with Crippen molar-refractivity contribution in [3.8, 4) is 17.2 Å². The van der Waals surface area contributed by atoms with Crippen LogP contribution >= 0.6 is 0 Å². The van der Waals surface area contributed by atoms with Gasteiger partial charge in [0, 0.05) is 30.6 Å². The Morgan fingerprint density at radius 2 is 1.67 bits per heavy atom. The van der Waals surface area contributed by atoms with Gasteiger partial charge in [0.15, 0.2) is 6.20 Å². The van der Waals surface area contributed by atoms with Crippen molar-refractivity contribution in [3.05, 3.63) is 77.3 Å². The van der Waals surface area contributed by atoms with Crippen LogP contribution in [-0.2, 0) is 10.8 Å². The largest absolute Gasteiger partial charge is 0.618 e. The third-order valence-electron chi connectivity index (χ3n) is 4.70. The summed E-state index contributed by atoms with van der Waals surface area (Å²) in [5.41, 5.74) is -1.09. The van der Waals surface area contributed by atoms with Gasteiger partial charge in [-0.2, -0.15) is 13.5 Å². The van der Waals surface area contributed by atoms with Crippen molar-refractivity contribution in [1.29, 1.82) is 0 Å². The number of anilines is 2. The summed E-state index contributed by atoms with van der Waals surface area (Å²) in [4.78, 5) is 24.1. The molecule has 1 aromatic heterocycles. The number of nitrogens with zero attached hydrogens (tertiary/aromatic N) is 1. The molecular weight excluding hydrogens is 492 g/mol. The van der Waals surface area contributed by atoms with Gasteiger partial charge in [0.25, 0.3) is 5.69 Å². The predicted octanol–water partition coefficient (Wildman–Crippen LogP) is 4.12. The molecule has 3 N–H and O–H groups in total. The molecular formula is C22H16F4N4O6. The fourth-order valence-electron chi connectivity index (χ4n) is 3.17. The summed E-state index contributed by atoms with van der Waals surface area (Å²) in [6.07, 6.45) is -7.76. The van der Waals surface area contributed by atoms with Crippen LogP contribution in [0.5, 0.6) is 17.2 Å². The lowest BCUT2D eigenvalue weighted by molar-refractivity contribution is -0.607. The number of amides is 3. The van der Waals surface area contributed by atoms with E-state index in [0.29, 0.717) is 4.73 Å². The molecule has 10 nitrogen and oxygen atoms in total. The first-order valence-electron chi connectivity index (χ1n) is 10.1. The van der Waals surface area contributed by atoms with Crippen LogP contribution < -0.4 is 30.2 Å². The lowest BCUT2D eigenvalue weighted by atomic mass is 10.1. The number of ether oxygens (including phenoxy) is 3. The first kappa shape index (κ1) is 24.5. The Morgan fingerprint density at radius 3 is 2.39 bits per heavy atom. The third kappa shape index (κ3) is 5.38. The monoisotopic (exact) mass is 508 g/mol. The molecule has 4 rings (SSSR count). The van der Waals surface area contributed by atoms with Crippen molar-refractivity contribution in [2.75, 3.05) is 17.7 Å². The molecule has 0 saturated heterocycles. The molecule has 188 valence electrons. The van der Waals surface area contributed by atoms with Gasteiger partial charge < -0.3 is 30.6 Å². The minimum atomic E-state index is -4.50. The first-order valence-corrected chi connectivity index (χ1v) is 10.1. The summed E-state index contributed by atoms with van der Waals surface area (Å²) < 4.78 is 67.6. The number of rotatable bonds is 5. The van der Waals surface area contributed by atoms with Gasteiger partial charge >= 0.3 is 24.3 Å². The second-order valence-electron chi connectivity index (χ2n) is 7.26. The number of halogens is 4. The third-order valence-corrected chi connectivity index (χ3v) is 4.70. The molecule has 0 saturated carbocycles. The maximum Gasteiger partial charge on any atom is 0.540 e. The number of hydrogen-bond donors (Lipinski definition) is 3. The lowest BCUT2D eigenvalue weighted by Crippen LogP contribution is -2.41. The van der Waals surface area contributed by atoms with Gasteiger partial charge in [-0.3, -0.25) is 4.79 Å². The van der Waals surface area contributed by atoms with E-state index in [2.05, 4.69) is 25.4 Å². The van der Waals surface area contributed by atoms with E-state index in [4.69, 9.17) is 4.74 Å². The van der Waals surface area contributed by atoms with E-state index in [1.165, 1.54) is 37.4 Å². The topological polar surface area (TPSA) is 125 Å². The van der Waals surface area contributed by atoms with Crippen LogP contribution in [0.3, 0.4) is 0 Å². The highest BCUT2D eigenvalue weighted by atomic mass is 19.3. The minimum absolute atomic E-state index is 0.146. The Labute approximate surface area is 200 Å². The highest BCUT2D eigenvalue weighted by Gasteiger charge is 2.54. The number of urea groups is 1. The average Bonchev–Trinajstić information content (AvgIpc) is 2.79. The number of carbonyl (C=O) groups excluding carboxylic acids is 2. The maximum atomic E-state index is 13.9. The molecule has 2 heterocycles. The van der Waals surface area contributed by atoms with E-state index in [1.54, 1.807) is 6.07 Å². The second kappa shape index (κ2) is 9.22. The predicted molar refractivity (Wildman–Crippen MR) is 115 cm³/mol. The van der Waals surface area contributed by atoms with Crippen LogP contribution in [0.1, 0.15) is 16.1 Å². The lowest BCUT2D eigenvalue weighted by Gasteiger charge is -2.30. The Balaban J connectivity index is 1.45. The first-order chi connectivity index (χ1) is 17.0. The number of carbonyl (C=O) groups is 2. The van der Waals surface area contributed by atoms with Gasteiger partial charge in [0.2, 0.25) is 0 Å². The molecule has 2 aromatic carbocycles. The average molecular weight is 508 g/mol. The van der Waals surface area contributed by atoms with E-state index in [9.17, 15) is 32.4 Å². The van der Waals surface area contributed by atoms with Gasteiger partial charge in [-0.25, -0.2) is 9.53 Å². The molecule has 0 unspecified atom stereocenters. The molecule has 0 bridgehead atoms. The number of alkyl halides is 4. The molecule has 0 fully saturated rings. The summed E-state index contributed by atoms with van der Waals surface area (Å²) in [7, 11) is 1.37. The highest BCUT2D eigenvalue weighted by Crippen LogP contribution is 2.46. The highest BCUT2D eigenvalue weighted by molar-refractivity contribution is 6.00. The number of hydrogen-bond acceptors (Lipinski definition) is 6. The van der Waals surface area contributed by atoms with E-state index in [1.807, 2.05) is 0 Å². The molecule has 1 aliphatic rings. The van der Waals surface area contributed by atoms with E-state index >= 15 is 0 Å². The fourth-order valence-corrected chi connectivity index (χ4v) is 3.17. The molecule has 14 heteroatoms. The van der Waals surface area contributed by atoms with Crippen molar-refractivity contribution in [2.24, 2.45) is 0 Å². The van der Waals surface area contributed by atoms with Crippen LogP contribution in [0, 0.1) is 5.21 Å². The number of benzene rings is 2. The smallest absolute Gasteiger partial charge is 0.540 e. The van der Waals surface area contributed by atoms with Crippen LogP contribution in [-0.4, -0.2) is 25.3 Å². The molecule has 3 amide bonds. The standard InChI is InChI=1S/C22H16F4N4O6/c1-27-19(31)17-11-15(7-8-30(17)33)34-14-4-2-3-12(9-14)28-20(32)29-13-5-6-18-16(10-13)21(23,24)36-22(25,26)35-18/h2-11H,1H3,(H,27,31)(H2,28,29,32). The number of fused-ring (bicyclic) bond motifs is 1. The summed E-state index contributed by atoms with van der Waals surface area (Å²) in [5.74, 6) is -1.00. The Bertz CT molecular complexity index is 1340. The van der Waals surface area contributed by atoms with Gasteiger partial charge in [-0.1, -0.05) is 6.07 Å². The summed E-state index contributed by atoms with van der Waals surface area (Å²) in [5, 5.41) is 18.8. The van der Waals surface area contributed by atoms with Crippen molar-refractivity contribution in [1.82, 2.24) is 5.32 Å². The summed E-state index contributed by atoms with van der Waals surface area (Å²) >= 11 is 0. The van der Waals surface area contributed by atoms with E-state index < -0.39 is 35.7 Å². The zero-order chi connectivity index (χ0) is 26.1. The van der Waals surface area contributed by atoms with E-state index in [-0.39, 0.29) is 28.6 Å². The summed E-state index contributed by atoms with van der Waals surface area (Å²) in [6, 6.07) is 10.4. The normalized spacial score (nSPS) is 15.1. The van der Waals surface area contributed by atoms with Gasteiger partial charge in [0.1, 0.15) is 17.2 Å². The van der Waals surface area contributed by atoms with Crippen LogP contribution in [0.4, 0.5) is 33.7 Å². The van der Waals surface area contributed by atoms with Crippen LogP contribution in [0.25, 0.3) is 0 Å².